The Morgan fingerprint density at radius 2 is 1.90 bits per heavy atom. The van der Waals surface area contributed by atoms with Crippen molar-refractivity contribution in [3.05, 3.63) is 60.4 Å². The first-order valence-corrected chi connectivity index (χ1v) is 11.5. The van der Waals surface area contributed by atoms with E-state index in [9.17, 15) is 18.3 Å². The molecule has 1 aliphatic rings. The first-order chi connectivity index (χ1) is 14.5. The number of nitrogens with zero attached hydrogens (tertiary/aromatic N) is 1. The van der Waals surface area contributed by atoms with Crippen molar-refractivity contribution in [3.8, 4) is 0 Å². The van der Waals surface area contributed by atoms with Crippen LogP contribution in [0.5, 0.6) is 0 Å². The summed E-state index contributed by atoms with van der Waals surface area (Å²) in [6.45, 7) is 0.152. The zero-order valence-electron chi connectivity index (χ0n) is 16.6. The lowest BCUT2D eigenvalue weighted by atomic mass is 9.98. The molecule has 0 aliphatic carbocycles. The Bertz CT molecular complexity index is 909. The topological polar surface area (TPSA) is 118 Å². The maximum absolute atomic E-state index is 12.5. The van der Waals surface area contributed by atoms with E-state index in [1.54, 1.807) is 36.5 Å². The summed E-state index contributed by atoms with van der Waals surface area (Å²) in [5, 5.41) is 12.5. The second-order valence-corrected chi connectivity index (χ2v) is 8.95. The van der Waals surface area contributed by atoms with E-state index in [2.05, 4.69) is 15.0 Å². The standard InChI is InChI=1S/C21H27N3O5S/c25-15-20-19(24-30(27,28)18-7-2-1-3-8-18)10-9-17(29-20)11-13-23-21(26)14-16-6-4-5-12-22-16/h1-8,12,17,19-20,24-25H,9-11,13-15H2,(H,23,26)/t17-,19+,20-/m0/s1. The molecule has 9 heteroatoms. The minimum absolute atomic E-state index is 0.114. The highest BCUT2D eigenvalue weighted by Crippen LogP contribution is 2.23. The molecule has 0 saturated carbocycles. The Kier molecular flexibility index (Phi) is 7.92. The van der Waals surface area contributed by atoms with Gasteiger partial charge in [0.05, 0.1) is 36.2 Å². The van der Waals surface area contributed by atoms with E-state index >= 15 is 0 Å². The highest BCUT2D eigenvalue weighted by atomic mass is 32.2. The van der Waals surface area contributed by atoms with Crippen LogP contribution in [0, 0.1) is 0 Å². The van der Waals surface area contributed by atoms with Gasteiger partial charge in [-0.2, -0.15) is 0 Å². The van der Waals surface area contributed by atoms with Crippen molar-refractivity contribution < 1.29 is 23.1 Å². The van der Waals surface area contributed by atoms with E-state index in [1.165, 1.54) is 12.1 Å². The predicted octanol–water partition coefficient (Wildman–Crippen LogP) is 1.02. The Balaban J connectivity index is 1.45. The maximum Gasteiger partial charge on any atom is 0.240 e. The zero-order chi connectivity index (χ0) is 21.4. The van der Waals surface area contributed by atoms with Crippen LogP contribution in [0.3, 0.4) is 0 Å². The lowest BCUT2D eigenvalue weighted by Crippen LogP contribution is -2.51. The average molecular weight is 434 g/mol. The molecule has 2 aromatic rings. The van der Waals surface area contributed by atoms with E-state index in [4.69, 9.17) is 4.74 Å². The third kappa shape index (κ3) is 6.33. The van der Waals surface area contributed by atoms with Crippen molar-refractivity contribution in [2.75, 3.05) is 13.2 Å². The summed E-state index contributed by atoms with van der Waals surface area (Å²) in [6, 6.07) is 13.0. The molecular weight excluding hydrogens is 406 g/mol. The number of carbonyl (C=O) groups is 1. The quantitative estimate of drug-likeness (QED) is 0.543. The molecule has 162 valence electrons. The van der Waals surface area contributed by atoms with Gasteiger partial charge in [0, 0.05) is 18.4 Å². The fraction of sp³-hybridized carbons (Fsp3) is 0.429. The number of aromatic nitrogens is 1. The molecule has 3 N–H and O–H groups in total. The lowest BCUT2D eigenvalue weighted by Gasteiger charge is -2.36. The van der Waals surface area contributed by atoms with Crippen LogP contribution in [-0.2, 0) is 26.0 Å². The third-order valence-electron chi connectivity index (χ3n) is 5.01. The summed E-state index contributed by atoms with van der Waals surface area (Å²) in [7, 11) is -3.68. The highest BCUT2D eigenvalue weighted by molar-refractivity contribution is 7.89. The SMILES string of the molecule is O=C(Cc1ccccn1)NCC[C@@H]1CC[C@@H](NS(=O)(=O)c2ccccc2)[C@H](CO)O1. The van der Waals surface area contributed by atoms with E-state index in [1.807, 2.05) is 6.07 Å². The molecule has 1 aromatic heterocycles. The van der Waals surface area contributed by atoms with Crippen LogP contribution in [0.15, 0.2) is 59.6 Å². The molecule has 8 nitrogen and oxygen atoms in total. The van der Waals surface area contributed by atoms with Crippen molar-refractivity contribution in [3.63, 3.8) is 0 Å². The van der Waals surface area contributed by atoms with Gasteiger partial charge in [0.1, 0.15) is 0 Å². The van der Waals surface area contributed by atoms with E-state index in [0.29, 0.717) is 31.5 Å². The van der Waals surface area contributed by atoms with Gasteiger partial charge >= 0.3 is 0 Å². The third-order valence-corrected chi connectivity index (χ3v) is 6.52. The Morgan fingerprint density at radius 3 is 2.60 bits per heavy atom. The van der Waals surface area contributed by atoms with Gasteiger partial charge in [-0.1, -0.05) is 24.3 Å². The van der Waals surface area contributed by atoms with Crippen LogP contribution in [-0.4, -0.2) is 55.8 Å². The molecule has 1 aromatic carbocycles. The molecule has 2 heterocycles. The van der Waals surface area contributed by atoms with Crippen LogP contribution in [0.4, 0.5) is 0 Å². The van der Waals surface area contributed by atoms with Gasteiger partial charge in [-0.3, -0.25) is 9.78 Å². The molecule has 1 amide bonds. The number of hydrogen-bond donors (Lipinski definition) is 3. The van der Waals surface area contributed by atoms with Gasteiger partial charge in [-0.05, 0) is 43.5 Å². The molecule has 1 saturated heterocycles. The van der Waals surface area contributed by atoms with Crippen LogP contribution in [0.2, 0.25) is 0 Å². The zero-order valence-corrected chi connectivity index (χ0v) is 17.4. The summed E-state index contributed by atoms with van der Waals surface area (Å²) in [5.41, 5.74) is 0.706. The first-order valence-electron chi connectivity index (χ1n) is 9.98. The Labute approximate surface area is 176 Å². The number of carbonyl (C=O) groups excluding carboxylic acids is 1. The van der Waals surface area contributed by atoms with Crippen molar-refractivity contribution >= 4 is 15.9 Å². The molecule has 0 unspecified atom stereocenters. The minimum atomic E-state index is -3.68. The minimum Gasteiger partial charge on any atom is -0.394 e. The van der Waals surface area contributed by atoms with Crippen LogP contribution in [0.1, 0.15) is 25.0 Å². The summed E-state index contributed by atoms with van der Waals surface area (Å²) in [5.74, 6) is -0.114. The van der Waals surface area contributed by atoms with Crippen molar-refractivity contribution in [1.82, 2.24) is 15.0 Å². The summed E-state index contributed by atoms with van der Waals surface area (Å²) < 4.78 is 33.6. The smallest absolute Gasteiger partial charge is 0.240 e. The number of aliphatic hydroxyl groups excluding tert-OH is 1. The van der Waals surface area contributed by atoms with Crippen molar-refractivity contribution in [2.45, 2.75) is 48.8 Å². The maximum atomic E-state index is 12.5. The van der Waals surface area contributed by atoms with Crippen LogP contribution < -0.4 is 10.0 Å². The van der Waals surface area contributed by atoms with E-state index < -0.39 is 22.2 Å². The monoisotopic (exact) mass is 433 g/mol. The number of sulfonamides is 1. The van der Waals surface area contributed by atoms with Gasteiger partial charge in [0.15, 0.2) is 0 Å². The van der Waals surface area contributed by atoms with Gasteiger partial charge in [-0.25, -0.2) is 13.1 Å². The molecule has 0 bridgehead atoms. The van der Waals surface area contributed by atoms with Gasteiger partial charge in [0.25, 0.3) is 0 Å². The van der Waals surface area contributed by atoms with E-state index in [0.717, 1.165) is 0 Å². The number of benzene rings is 1. The van der Waals surface area contributed by atoms with Gasteiger partial charge in [0.2, 0.25) is 15.9 Å². The number of ether oxygens (including phenoxy) is 1. The number of pyridine rings is 1. The largest absolute Gasteiger partial charge is 0.394 e. The Hall–Kier alpha value is -2.33. The molecule has 0 radical (unpaired) electrons. The predicted molar refractivity (Wildman–Crippen MR) is 111 cm³/mol. The van der Waals surface area contributed by atoms with E-state index in [-0.39, 0.29) is 29.9 Å². The molecule has 0 spiro atoms. The number of hydrogen-bond acceptors (Lipinski definition) is 6. The number of nitrogens with one attached hydrogen (secondary N) is 2. The second-order valence-electron chi connectivity index (χ2n) is 7.23. The Morgan fingerprint density at radius 1 is 1.13 bits per heavy atom. The average Bonchev–Trinajstić information content (AvgIpc) is 2.76. The molecule has 3 rings (SSSR count). The van der Waals surface area contributed by atoms with Crippen molar-refractivity contribution in [1.29, 1.82) is 0 Å². The van der Waals surface area contributed by atoms with Crippen molar-refractivity contribution in [2.24, 2.45) is 0 Å². The fourth-order valence-electron chi connectivity index (χ4n) is 3.45. The second kappa shape index (κ2) is 10.6. The molecule has 3 atom stereocenters. The summed E-state index contributed by atoms with van der Waals surface area (Å²) in [4.78, 5) is 16.3. The summed E-state index contributed by atoms with van der Waals surface area (Å²) in [6.07, 6.45) is 2.84. The molecule has 1 aliphatic heterocycles. The normalized spacial score (nSPS) is 21.8. The molecular formula is C21H27N3O5S. The van der Waals surface area contributed by atoms with Crippen LogP contribution >= 0.6 is 0 Å². The first kappa shape index (κ1) is 22.4. The number of amides is 1. The van der Waals surface area contributed by atoms with Gasteiger partial charge < -0.3 is 15.2 Å². The molecule has 1 fully saturated rings. The molecule has 30 heavy (non-hydrogen) atoms. The number of aliphatic hydroxyl groups is 1. The lowest BCUT2D eigenvalue weighted by molar-refractivity contribution is -0.121. The highest BCUT2D eigenvalue weighted by Gasteiger charge is 2.33. The van der Waals surface area contributed by atoms with Crippen LogP contribution in [0.25, 0.3) is 0 Å². The fourth-order valence-corrected chi connectivity index (χ4v) is 4.77. The van der Waals surface area contributed by atoms with Gasteiger partial charge in [-0.15, -0.1) is 0 Å². The summed E-state index contributed by atoms with van der Waals surface area (Å²) >= 11 is 0. The number of rotatable bonds is 9.